The summed E-state index contributed by atoms with van der Waals surface area (Å²) >= 11 is 0. The first-order valence-corrected chi connectivity index (χ1v) is 33.9. The molecule has 0 N–H and O–H groups in total. The summed E-state index contributed by atoms with van der Waals surface area (Å²) in [5, 5.41) is 0. The van der Waals surface area contributed by atoms with Gasteiger partial charge in [0.2, 0.25) is 0 Å². The molecule has 0 aliphatic carbocycles. The second-order valence-electron chi connectivity index (χ2n) is 22.3. The van der Waals surface area contributed by atoms with Crippen molar-refractivity contribution in [3.05, 3.63) is 109 Å². The van der Waals surface area contributed by atoms with Crippen molar-refractivity contribution >= 4 is 17.9 Å². The molecule has 0 aromatic carbocycles. The van der Waals surface area contributed by atoms with Gasteiger partial charge in [-0.3, -0.25) is 14.4 Å². The van der Waals surface area contributed by atoms with Gasteiger partial charge in [-0.2, -0.15) is 0 Å². The van der Waals surface area contributed by atoms with E-state index in [1.165, 1.54) is 167 Å². The fourth-order valence-electron chi connectivity index (χ4n) is 9.40. The Morgan fingerprint density at radius 1 is 0.263 bits per heavy atom. The quantitative estimate of drug-likeness (QED) is 0.0261. The Bertz CT molecular complexity index is 1610. The van der Waals surface area contributed by atoms with Crippen molar-refractivity contribution in [2.75, 3.05) is 13.2 Å². The van der Waals surface area contributed by atoms with E-state index in [0.717, 1.165) is 116 Å². The smallest absolute Gasteiger partial charge is 0.306 e. The van der Waals surface area contributed by atoms with Crippen LogP contribution in [-0.2, 0) is 28.6 Å². The number of unbranched alkanes of at least 4 members (excludes halogenated alkanes) is 32. The highest BCUT2D eigenvalue weighted by Gasteiger charge is 2.19. The van der Waals surface area contributed by atoms with Gasteiger partial charge in [-0.1, -0.05) is 291 Å². The lowest BCUT2D eigenvalue weighted by molar-refractivity contribution is -0.167. The third-order valence-electron chi connectivity index (χ3n) is 14.5. The van der Waals surface area contributed by atoms with Crippen LogP contribution in [-0.4, -0.2) is 37.2 Å². The number of hydrogen-bond acceptors (Lipinski definition) is 6. The molecule has 0 saturated carbocycles. The van der Waals surface area contributed by atoms with Crippen LogP contribution in [0.4, 0.5) is 0 Å². The fraction of sp³-hybridized carbons (Fsp3) is 0.716. The SMILES string of the molecule is CC/C=C\C/C=C\C/C=C\C/C=C\C/C=C\C/C=C\CCCCCCCCCCCCCCC(=O)OCC(COC(=O)CCCCCCC/C=C\C/C=C\CCCC)OC(=O)CCCCCCCCC/C=C\CCCCCCCC. The second kappa shape index (κ2) is 67.6. The molecular formula is C74H126O6. The molecule has 0 heterocycles. The van der Waals surface area contributed by atoms with Crippen LogP contribution in [0.3, 0.4) is 0 Å². The van der Waals surface area contributed by atoms with Gasteiger partial charge in [0.25, 0.3) is 0 Å². The lowest BCUT2D eigenvalue weighted by Gasteiger charge is -2.18. The monoisotopic (exact) mass is 1110 g/mol. The van der Waals surface area contributed by atoms with Crippen LogP contribution in [0.1, 0.15) is 323 Å². The van der Waals surface area contributed by atoms with Crippen molar-refractivity contribution in [3.8, 4) is 0 Å². The van der Waals surface area contributed by atoms with Gasteiger partial charge < -0.3 is 14.2 Å². The lowest BCUT2D eigenvalue weighted by Crippen LogP contribution is -2.30. The number of ether oxygens (including phenoxy) is 3. The van der Waals surface area contributed by atoms with Crippen LogP contribution >= 0.6 is 0 Å². The van der Waals surface area contributed by atoms with E-state index in [1.54, 1.807) is 0 Å². The van der Waals surface area contributed by atoms with Gasteiger partial charge in [0.1, 0.15) is 13.2 Å². The summed E-state index contributed by atoms with van der Waals surface area (Å²) in [6.45, 7) is 6.49. The third-order valence-corrected chi connectivity index (χ3v) is 14.5. The van der Waals surface area contributed by atoms with E-state index >= 15 is 0 Å². The Labute approximate surface area is 495 Å². The summed E-state index contributed by atoms with van der Waals surface area (Å²) in [6.07, 6.45) is 92.4. The molecule has 0 radical (unpaired) electrons. The molecular weight excluding hydrogens is 985 g/mol. The molecule has 0 aromatic rings. The highest BCUT2D eigenvalue weighted by atomic mass is 16.6. The molecule has 0 spiro atoms. The highest BCUT2D eigenvalue weighted by Crippen LogP contribution is 2.16. The molecule has 0 aliphatic rings. The maximum Gasteiger partial charge on any atom is 0.306 e. The molecule has 0 bridgehead atoms. The van der Waals surface area contributed by atoms with E-state index in [0.29, 0.717) is 19.3 Å². The average molecular weight is 1110 g/mol. The average Bonchev–Trinajstić information content (AvgIpc) is 3.46. The predicted octanol–water partition coefficient (Wildman–Crippen LogP) is 23.4. The Balaban J connectivity index is 4.27. The van der Waals surface area contributed by atoms with Gasteiger partial charge in [0.15, 0.2) is 6.10 Å². The summed E-state index contributed by atoms with van der Waals surface area (Å²) in [4.78, 5) is 38.4. The Morgan fingerprint density at radius 3 is 0.812 bits per heavy atom. The molecule has 1 unspecified atom stereocenters. The zero-order valence-electron chi connectivity index (χ0n) is 52.6. The van der Waals surface area contributed by atoms with E-state index in [4.69, 9.17) is 14.2 Å². The number of esters is 3. The molecule has 0 aromatic heterocycles. The molecule has 80 heavy (non-hydrogen) atoms. The minimum absolute atomic E-state index is 0.0842. The third kappa shape index (κ3) is 64.9. The first-order valence-electron chi connectivity index (χ1n) is 33.9. The summed E-state index contributed by atoms with van der Waals surface area (Å²) in [7, 11) is 0. The molecule has 0 aliphatic heterocycles. The largest absolute Gasteiger partial charge is 0.462 e. The Morgan fingerprint density at radius 2 is 0.500 bits per heavy atom. The molecule has 0 amide bonds. The predicted molar refractivity (Wildman–Crippen MR) is 348 cm³/mol. The van der Waals surface area contributed by atoms with Crippen LogP contribution in [0.15, 0.2) is 109 Å². The van der Waals surface area contributed by atoms with E-state index in [1.807, 2.05) is 0 Å². The van der Waals surface area contributed by atoms with Crippen molar-refractivity contribution < 1.29 is 28.6 Å². The number of hydrogen-bond donors (Lipinski definition) is 0. The van der Waals surface area contributed by atoms with Crippen LogP contribution in [0.5, 0.6) is 0 Å². The van der Waals surface area contributed by atoms with E-state index in [9.17, 15) is 14.4 Å². The molecule has 6 nitrogen and oxygen atoms in total. The molecule has 0 saturated heterocycles. The van der Waals surface area contributed by atoms with Crippen molar-refractivity contribution in [2.24, 2.45) is 0 Å². The summed E-state index contributed by atoms with van der Waals surface area (Å²) < 4.78 is 16.9. The van der Waals surface area contributed by atoms with Crippen LogP contribution in [0.25, 0.3) is 0 Å². The first kappa shape index (κ1) is 76.1. The molecule has 6 heteroatoms. The first-order chi connectivity index (χ1) is 39.5. The molecule has 458 valence electrons. The molecule has 0 rings (SSSR count). The minimum Gasteiger partial charge on any atom is -0.462 e. The number of rotatable bonds is 61. The number of allylic oxidation sites excluding steroid dienone is 18. The molecule has 1 atom stereocenters. The van der Waals surface area contributed by atoms with Crippen LogP contribution < -0.4 is 0 Å². The van der Waals surface area contributed by atoms with Crippen molar-refractivity contribution in [1.29, 1.82) is 0 Å². The van der Waals surface area contributed by atoms with Gasteiger partial charge in [-0.25, -0.2) is 0 Å². The fourth-order valence-corrected chi connectivity index (χ4v) is 9.40. The topological polar surface area (TPSA) is 78.9 Å². The standard InChI is InChI=1S/C74H126O6/c1-4-7-10-13-16-19-22-25-28-30-31-32-33-34-35-36-37-38-39-40-41-42-43-45-46-49-52-55-58-61-64-67-73(76)79-70-71(69-78-72(75)66-63-60-57-54-51-48-27-24-21-18-15-12-9-6-3)80-74(77)68-65-62-59-56-53-50-47-44-29-26-23-20-17-14-11-8-5-2/h7,10,15-16,18-19,24-29,31-32,34-35,37-38,71H,4-6,8-9,11-14,17,20-23,30,33,36,39-70H2,1-3H3/b10-7-,18-15-,19-16-,27-24-,28-25-,29-26-,32-31-,35-34-,38-37-. The van der Waals surface area contributed by atoms with E-state index in [2.05, 4.69) is 130 Å². The van der Waals surface area contributed by atoms with E-state index < -0.39 is 6.10 Å². The number of carbonyl (C=O) groups is 3. The Kier molecular flexibility index (Phi) is 64.3. The zero-order chi connectivity index (χ0) is 57.8. The van der Waals surface area contributed by atoms with Crippen molar-refractivity contribution in [3.63, 3.8) is 0 Å². The van der Waals surface area contributed by atoms with Gasteiger partial charge in [0, 0.05) is 19.3 Å². The van der Waals surface area contributed by atoms with Crippen LogP contribution in [0.2, 0.25) is 0 Å². The summed E-state index contributed by atoms with van der Waals surface area (Å²) in [6, 6.07) is 0. The maximum atomic E-state index is 12.9. The van der Waals surface area contributed by atoms with Gasteiger partial charge in [0.05, 0.1) is 0 Å². The normalized spacial score (nSPS) is 12.8. The minimum atomic E-state index is -0.788. The van der Waals surface area contributed by atoms with Gasteiger partial charge in [-0.05, 0) is 122 Å². The number of carbonyl (C=O) groups excluding carboxylic acids is 3. The van der Waals surface area contributed by atoms with E-state index in [-0.39, 0.29) is 31.1 Å². The van der Waals surface area contributed by atoms with Crippen molar-refractivity contribution in [2.45, 2.75) is 329 Å². The van der Waals surface area contributed by atoms with Gasteiger partial charge >= 0.3 is 17.9 Å². The maximum absolute atomic E-state index is 12.9. The lowest BCUT2D eigenvalue weighted by atomic mass is 10.0. The second-order valence-corrected chi connectivity index (χ2v) is 22.3. The summed E-state index contributed by atoms with van der Waals surface area (Å²) in [5.41, 5.74) is 0. The summed E-state index contributed by atoms with van der Waals surface area (Å²) in [5.74, 6) is -0.894. The zero-order valence-corrected chi connectivity index (χ0v) is 52.6. The van der Waals surface area contributed by atoms with Gasteiger partial charge in [-0.15, -0.1) is 0 Å². The van der Waals surface area contributed by atoms with Crippen LogP contribution in [0, 0.1) is 0 Å². The highest BCUT2D eigenvalue weighted by molar-refractivity contribution is 5.71. The molecule has 0 fully saturated rings. The van der Waals surface area contributed by atoms with Crippen molar-refractivity contribution in [1.82, 2.24) is 0 Å². The Hall–Kier alpha value is -3.93.